The number of rotatable bonds is 7. The van der Waals surface area contributed by atoms with Gasteiger partial charge in [0.05, 0.1) is 12.1 Å². The zero-order valence-corrected chi connectivity index (χ0v) is 16.7. The molecule has 2 N–H and O–H groups in total. The Hall–Kier alpha value is -3.94. The minimum Gasteiger partial charge on any atom is -0.434 e. The molecule has 1 amide bonds. The van der Waals surface area contributed by atoms with Crippen molar-refractivity contribution >= 4 is 34.0 Å². The van der Waals surface area contributed by atoms with Crippen LogP contribution in [0.15, 0.2) is 73.1 Å². The number of amides is 1. The number of aromatic nitrogens is 2. The van der Waals surface area contributed by atoms with E-state index in [1.807, 2.05) is 35.0 Å². The average molecular weight is 422 g/mol. The van der Waals surface area contributed by atoms with Gasteiger partial charge in [-0.15, -0.1) is 0 Å². The SMILES string of the molecule is CC(=O)Nc1ccc(Nc2cc3c(ccn3Cc3ccccc3OC(F)F)cn2)cc1. The minimum atomic E-state index is -2.88. The molecule has 0 saturated heterocycles. The van der Waals surface area contributed by atoms with E-state index in [2.05, 4.69) is 20.4 Å². The summed E-state index contributed by atoms with van der Waals surface area (Å²) in [6, 6.07) is 17.8. The molecule has 31 heavy (non-hydrogen) atoms. The lowest BCUT2D eigenvalue weighted by atomic mass is 10.2. The molecule has 0 saturated carbocycles. The standard InChI is InChI=1S/C23H20F2N4O2/c1-15(30)27-18-6-8-19(9-7-18)28-22-12-20-16(13-26-22)10-11-29(20)14-17-4-2-3-5-21(17)31-23(24)25/h2-13,23H,14H2,1H3,(H,26,28)(H,27,30). The van der Waals surface area contributed by atoms with Crippen molar-refractivity contribution in [2.24, 2.45) is 0 Å². The Kier molecular flexibility index (Phi) is 5.79. The van der Waals surface area contributed by atoms with Gasteiger partial charge in [0.1, 0.15) is 11.6 Å². The summed E-state index contributed by atoms with van der Waals surface area (Å²) in [7, 11) is 0. The molecule has 4 rings (SSSR count). The second-order valence-electron chi connectivity index (χ2n) is 6.94. The van der Waals surface area contributed by atoms with E-state index in [9.17, 15) is 13.6 Å². The Balaban J connectivity index is 1.56. The van der Waals surface area contributed by atoms with Crippen LogP contribution in [-0.4, -0.2) is 22.1 Å². The number of hydrogen-bond donors (Lipinski definition) is 2. The van der Waals surface area contributed by atoms with Crippen LogP contribution in [0.3, 0.4) is 0 Å². The van der Waals surface area contributed by atoms with Gasteiger partial charge in [0.2, 0.25) is 5.91 Å². The number of fused-ring (bicyclic) bond motifs is 1. The third kappa shape index (κ3) is 4.98. The van der Waals surface area contributed by atoms with Crippen LogP contribution in [0, 0.1) is 0 Å². The Morgan fingerprint density at radius 1 is 1.10 bits per heavy atom. The Morgan fingerprint density at radius 3 is 2.58 bits per heavy atom. The molecular weight excluding hydrogens is 402 g/mol. The van der Waals surface area contributed by atoms with Crippen LogP contribution in [0.1, 0.15) is 12.5 Å². The lowest BCUT2D eigenvalue weighted by molar-refractivity contribution is -0.114. The van der Waals surface area contributed by atoms with E-state index < -0.39 is 6.61 Å². The summed E-state index contributed by atoms with van der Waals surface area (Å²) in [5.41, 5.74) is 3.08. The van der Waals surface area contributed by atoms with E-state index in [-0.39, 0.29) is 11.7 Å². The lowest BCUT2D eigenvalue weighted by Gasteiger charge is -2.12. The largest absolute Gasteiger partial charge is 0.434 e. The molecule has 0 bridgehead atoms. The highest BCUT2D eigenvalue weighted by Gasteiger charge is 2.11. The molecule has 2 aromatic carbocycles. The average Bonchev–Trinajstić information content (AvgIpc) is 3.12. The maximum atomic E-state index is 12.7. The van der Waals surface area contributed by atoms with Crippen LogP contribution in [0.25, 0.3) is 10.9 Å². The molecule has 0 fully saturated rings. The van der Waals surface area contributed by atoms with Crippen LogP contribution < -0.4 is 15.4 Å². The molecule has 0 aliphatic heterocycles. The number of nitrogens with zero attached hydrogens (tertiary/aromatic N) is 2. The number of hydrogen-bond acceptors (Lipinski definition) is 4. The number of carbonyl (C=O) groups is 1. The summed E-state index contributed by atoms with van der Waals surface area (Å²) < 4.78 is 32.0. The van der Waals surface area contributed by atoms with Crippen molar-refractivity contribution in [3.05, 3.63) is 78.6 Å². The predicted molar refractivity (Wildman–Crippen MR) is 116 cm³/mol. The summed E-state index contributed by atoms with van der Waals surface area (Å²) in [4.78, 5) is 15.6. The van der Waals surface area contributed by atoms with Gasteiger partial charge in [0.15, 0.2) is 0 Å². The Bertz CT molecular complexity index is 1210. The van der Waals surface area contributed by atoms with Gasteiger partial charge in [0.25, 0.3) is 0 Å². The maximum absolute atomic E-state index is 12.7. The van der Waals surface area contributed by atoms with Crippen LogP contribution in [0.4, 0.5) is 26.0 Å². The van der Waals surface area contributed by atoms with Crippen molar-refractivity contribution in [2.45, 2.75) is 20.1 Å². The van der Waals surface area contributed by atoms with E-state index >= 15 is 0 Å². The molecule has 2 heterocycles. The van der Waals surface area contributed by atoms with Crippen molar-refractivity contribution in [3.63, 3.8) is 0 Å². The third-order valence-corrected chi connectivity index (χ3v) is 4.66. The first kappa shape index (κ1) is 20.3. The van der Waals surface area contributed by atoms with Gasteiger partial charge >= 0.3 is 6.61 Å². The molecule has 0 aliphatic rings. The van der Waals surface area contributed by atoms with Crippen molar-refractivity contribution in [3.8, 4) is 5.75 Å². The molecule has 6 nitrogen and oxygen atoms in total. The summed E-state index contributed by atoms with van der Waals surface area (Å²) >= 11 is 0. The second kappa shape index (κ2) is 8.83. The molecule has 2 aromatic heterocycles. The number of benzene rings is 2. The van der Waals surface area contributed by atoms with Gasteiger partial charge in [-0.2, -0.15) is 8.78 Å². The molecule has 0 unspecified atom stereocenters. The van der Waals surface area contributed by atoms with Crippen LogP contribution in [-0.2, 0) is 11.3 Å². The summed E-state index contributed by atoms with van der Waals surface area (Å²) in [5.74, 6) is 0.664. The zero-order valence-electron chi connectivity index (χ0n) is 16.7. The molecular formula is C23H20F2N4O2. The number of halogens is 2. The maximum Gasteiger partial charge on any atom is 0.387 e. The molecule has 4 aromatic rings. The summed E-state index contributed by atoms with van der Waals surface area (Å²) in [6.07, 6.45) is 3.64. The fraction of sp³-hybridized carbons (Fsp3) is 0.130. The van der Waals surface area contributed by atoms with Gasteiger partial charge in [0, 0.05) is 47.7 Å². The summed E-state index contributed by atoms with van der Waals surface area (Å²) in [6.45, 7) is -1.04. The van der Waals surface area contributed by atoms with Gasteiger partial charge in [-0.05, 0) is 36.4 Å². The predicted octanol–water partition coefficient (Wildman–Crippen LogP) is 5.39. The smallest absolute Gasteiger partial charge is 0.387 e. The van der Waals surface area contributed by atoms with Crippen LogP contribution in [0.5, 0.6) is 5.75 Å². The quantitative estimate of drug-likeness (QED) is 0.419. The molecule has 0 atom stereocenters. The summed E-state index contributed by atoms with van der Waals surface area (Å²) in [5, 5.41) is 6.88. The lowest BCUT2D eigenvalue weighted by Crippen LogP contribution is -2.07. The number of para-hydroxylation sites is 1. The monoisotopic (exact) mass is 422 g/mol. The topological polar surface area (TPSA) is 68.2 Å². The first-order chi connectivity index (χ1) is 15.0. The van der Waals surface area contributed by atoms with Gasteiger partial charge in [-0.3, -0.25) is 4.79 Å². The highest BCUT2D eigenvalue weighted by Crippen LogP contribution is 2.26. The number of ether oxygens (including phenoxy) is 1. The van der Waals surface area contributed by atoms with E-state index in [1.165, 1.54) is 13.0 Å². The number of carbonyl (C=O) groups excluding carboxylic acids is 1. The third-order valence-electron chi connectivity index (χ3n) is 4.66. The molecule has 158 valence electrons. The van der Waals surface area contributed by atoms with E-state index in [1.54, 1.807) is 36.5 Å². The number of nitrogens with one attached hydrogen (secondary N) is 2. The van der Waals surface area contributed by atoms with Gasteiger partial charge in [-0.25, -0.2) is 4.98 Å². The van der Waals surface area contributed by atoms with E-state index in [4.69, 9.17) is 0 Å². The fourth-order valence-electron chi connectivity index (χ4n) is 3.31. The molecule has 8 heteroatoms. The van der Waals surface area contributed by atoms with Gasteiger partial charge in [-0.1, -0.05) is 18.2 Å². The van der Waals surface area contributed by atoms with E-state index in [0.717, 1.165) is 16.6 Å². The van der Waals surface area contributed by atoms with E-state index in [0.29, 0.717) is 23.6 Å². The minimum absolute atomic E-state index is 0.130. The first-order valence-corrected chi connectivity index (χ1v) is 9.60. The highest BCUT2D eigenvalue weighted by molar-refractivity contribution is 5.89. The zero-order chi connectivity index (χ0) is 21.8. The van der Waals surface area contributed by atoms with Crippen molar-refractivity contribution in [2.75, 3.05) is 10.6 Å². The van der Waals surface area contributed by atoms with Crippen molar-refractivity contribution in [1.29, 1.82) is 0 Å². The molecule has 0 aliphatic carbocycles. The van der Waals surface area contributed by atoms with Crippen molar-refractivity contribution < 1.29 is 18.3 Å². The first-order valence-electron chi connectivity index (χ1n) is 9.60. The Morgan fingerprint density at radius 2 is 1.84 bits per heavy atom. The number of alkyl halides is 2. The van der Waals surface area contributed by atoms with Crippen LogP contribution in [0.2, 0.25) is 0 Å². The molecule has 0 radical (unpaired) electrons. The highest BCUT2D eigenvalue weighted by atomic mass is 19.3. The van der Waals surface area contributed by atoms with Gasteiger partial charge < -0.3 is 19.9 Å². The second-order valence-corrected chi connectivity index (χ2v) is 6.94. The van der Waals surface area contributed by atoms with Crippen molar-refractivity contribution in [1.82, 2.24) is 9.55 Å². The van der Waals surface area contributed by atoms with Crippen LogP contribution >= 0.6 is 0 Å². The Labute approximate surface area is 177 Å². The fourth-order valence-corrected chi connectivity index (χ4v) is 3.31. The number of anilines is 3. The normalized spacial score (nSPS) is 11.0. The number of pyridine rings is 1. The molecule has 0 spiro atoms.